The number of carbonyl (C=O) groups excluding carboxylic acids is 1. The molecule has 0 saturated carbocycles. The average molecular weight is 307 g/mol. The van der Waals surface area contributed by atoms with Gasteiger partial charge in [0.15, 0.2) is 12.2 Å². The van der Waals surface area contributed by atoms with Crippen LogP contribution in [-0.4, -0.2) is 30.3 Å². The van der Waals surface area contributed by atoms with Gasteiger partial charge in [0.1, 0.15) is 11.9 Å². The third kappa shape index (κ3) is 2.34. The molecule has 2 aromatic rings. The molecule has 0 radical (unpaired) electrons. The quantitative estimate of drug-likeness (QED) is 0.855. The predicted molar refractivity (Wildman–Crippen MR) is 90.8 cm³/mol. The van der Waals surface area contributed by atoms with Crippen LogP contribution in [0, 0.1) is 0 Å². The van der Waals surface area contributed by atoms with Gasteiger partial charge in [-0.15, -0.1) is 0 Å². The van der Waals surface area contributed by atoms with Crippen LogP contribution in [0.4, 0.5) is 5.82 Å². The Bertz CT molecular complexity index is 825. The molecule has 1 unspecified atom stereocenters. The van der Waals surface area contributed by atoms with E-state index in [9.17, 15) is 4.79 Å². The van der Waals surface area contributed by atoms with Gasteiger partial charge in [0.2, 0.25) is 0 Å². The zero-order chi connectivity index (χ0) is 15.8. The van der Waals surface area contributed by atoms with Crippen molar-refractivity contribution in [2.24, 2.45) is 4.99 Å². The molecule has 0 saturated heterocycles. The van der Waals surface area contributed by atoms with Gasteiger partial charge >= 0.3 is 0 Å². The van der Waals surface area contributed by atoms with Crippen molar-refractivity contribution in [3.63, 3.8) is 0 Å². The number of H-pyrrole nitrogens is 1. The van der Waals surface area contributed by atoms with Crippen molar-refractivity contribution in [1.29, 1.82) is 0 Å². The van der Waals surface area contributed by atoms with Crippen LogP contribution >= 0.6 is 0 Å². The molecule has 1 aromatic carbocycles. The Morgan fingerprint density at radius 1 is 1.35 bits per heavy atom. The number of aromatic amines is 1. The fourth-order valence-electron chi connectivity index (χ4n) is 3.14. The number of nitrogens with one attached hydrogen (secondary N) is 2. The Morgan fingerprint density at radius 3 is 3.00 bits per heavy atom. The standard InChI is InChI=1S/C18H17N3O2/c1-11(22)13-4-2-3-5-14(13)12-6-15-16(17-9-19-10-23-17)8-21-18(15)20-7-12/h2-6,8,10,17,20-21H,7,9H2,1H3. The van der Waals surface area contributed by atoms with Gasteiger partial charge in [0.25, 0.3) is 0 Å². The van der Waals surface area contributed by atoms with E-state index in [0.717, 1.165) is 33.6 Å². The summed E-state index contributed by atoms with van der Waals surface area (Å²) >= 11 is 0. The first kappa shape index (κ1) is 13.8. The van der Waals surface area contributed by atoms with Gasteiger partial charge in [-0.1, -0.05) is 24.3 Å². The molecule has 1 atom stereocenters. The maximum atomic E-state index is 11.9. The van der Waals surface area contributed by atoms with Crippen molar-refractivity contribution in [3.8, 4) is 0 Å². The van der Waals surface area contributed by atoms with E-state index in [2.05, 4.69) is 21.4 Å². The zero-order valence-electron chi connectivity index (χ0n) is 12.8. The Kier molecular flexibility index (Phi) is 3.26. The van der Waals surface area contributed by atoms with Crippen LogP contribution in [0.15, 0.2) is 35.5 Å². The third-order valence-corrected chi connectivity index (χ3v) is 4.30. The summed E-state index contributed by atoms with van der Waals surface area (Å²) in [5.74, 6) is 1.06. The van der Waals surface area contributed by atoms with Crippen LogP contribution < -0.4 is 5.32 Å². The molecule has 5 heteroatoms. The number of ether oxygens (including phenoxy) is 1. The monoisotopic (exact) mass is 307 g/mol. The zero-order valence-corrected chi connectivity index (χ0v) is 12.8. The Balaban J connectivity index is 1.77. The highest BCUT2D eigenvalue weighted by molar-refractivity contribution is 6.02. The normalized spacial score (nSPS) is 18.8. The maximum Gasteiger partial charge on any atom is 0.170 e. The second-order valence-electron chi connectivity index (χ2n) is 5.75. The van der Waals surface area contributed by atoms with E-state index in [0.29, 0.717) is 13.1 Å². The molecule has 1 aromatic heterocycles. The van der Waals surface area contributed by atoms with E-state index in [-0.39, 0.29) is 11.9 Å². The van der Waals surface area contributed by atoms with Gasteiger partial charge in [-0.25, -0.2) is 0 Å². The fraction of sp³-hybridized carbons (Fsp3) is 0.222. The molecular weight excluding hydrogens is 290 g/mol. The largest absolute Gasteiger partial charge is 0.474 e. The number of hydrogen-bond acceptors (Lipinski definition) is 4. The summed E-state index contributed by atoms with van der Waals surface area (Å²) in [6, 6.07) is 7.73. The maximum absolute atomic E-state index is 11.9. The van der Waals surface area contributed by atoms with Crippen molar-refractivity contribution < 1.29 is 9.53 Å². The van der Waals surface area contributed by atoms with Crippen LogP contribution in [0.5, 0.6) is 0 Å². The Morgan fingerprint density at radius 2 is 2.22 bits per heavy atom. The fourth-order valence-corrected chi connectivity index (χ4v) is 3.14. The minimum Gasteiger partial charge on any atom is -0.474 e. The van der Waals surface area contributed by atoms with Crippen LogP contribution in [0.2, 0.25) is 0 Å². The van der Waals surface area contributed by atoms with E-state index in [1.807, 2.05) is 30.5 Å². The van der Waals surface area contributed by atoms with E-state index in [1.54, 1.807) is 6.92 Å². The lowest BCUT2D eigenvalue weighted by molar-refractivity contribution is 0.101. The van der Waals surface area contributed by atoms with Crippen LogP contribution in [-0.2, 0) is 4.74 Å². The number of fused-ring (bicyclic) bond motifs is 1. The molecule has 3 heterocycles. The van der Waals surface area contributed by atoms with Crippen molar-refractivity contribution >= 4 is 29.7 Å². The number of rotatable bonds is 3. The summed E-state index contributed by atoms with van der Waals surface area (Å²) in [6.07, 6.45) is 5.57. The number of anilines is 1. The molecular formula is C18H17N3O2. The van der Waals surface area contributed by atoms with Gasteiger partial charge in [-0.2, -0.15) is 0 Å². The van der Waals surface area contributed by atoms with Crippen LogP contribution in [0.3, 0.4) is 0 Å². The average Bonchev–Trinajstić information content (AvgIpc) is 3.23. The van der Waals surface area contributed by atoms with Gasteiger partial charge in [0, 0.05) is 29.4 Å². The van der Waals surface area contributed by atoms with Crippen molar-refractivity contribution in [1.82, 2.24) is 4.98 Å². The molecule has 23 heavy (non-hydrogen) atoms. The molecule has 4 rings (SSSR count). The summed E-state index contributed by atoms with van der Waals surface area (Å²) in [5.41, 5.74) is 5.00. The summed E-state index contributed by atoms with van der Waals surface area (Å²) < 4.78 is 5.54. The number of aliphatic imine (C=N–C) groups is 1. The summed E-state index contributed by atoms with van der Waals surface area (Å²) in [5, 5.41) is 3.39. The van der Waals surface area contributed by atoms with E-state index in [1.165, 1.54) is 6.40 Å². The summed E-state index contributed by atoms with van der Waals surface area (Å²) in [6.45, 7) is 2.92. The van der Waals surface area contributed by atoms with Gasteiger partial charge in [-0.3, -0.25) is 9.79 Å². The predicted octanol–water partition coefficient (Wildman–Crippen LogP) is 3.28. The molecule has 0 aliphatic carbocycles. The van der Waals surface area contributed by atoms with Crippen molar-refractivity contribution in [2.75, 3.05) is 18.4 Å². The highest BCUT2D eigenvalue weighted by Gasteiger charge is 2.24. The van der Waals surface area contributed by atoms with Crippen molar-refractivity contribution in [2.45, 2.75) is 13.0 Å². The molecule has 5 nitrogen and oxygen atoms in total. The second-order valence-corrected chi connectivity index (χ2v) is 5.75. The number of aromatic nitrogens is 1. The SMILES string of the molecule is CC(=O)c1ccccc1C1=Cc2c(C3CN=CO3)c[nH]c2NC1. The van der Waals surface area contributed by atoms with Crippen molar-refractivity contribution in [3.05, 3.63) is 52.7 Å². The summed E-state index contributed by atoms with van der Waals surface area (Å²) in [7, 11) is 0. The van der Waals surface area contributed by atoms with Crippen LogP contribution in [0.25, 0.3) is 11.6 Å². The molecule has 116 valence electrons. The number of nitrogens with zero attached hydrogens (tertiary/aromatic N) is 1. The second kappa shape index (κ2) is 5.43. The highest BCUT2D eigenvalue weighted by atomic mass is 16.5. The molecule has 0 spiro atoms. The third-order valence-electron chi connectivity index (χ3n) is 4.30. The van der Waals surface area contributed by atoms with Gasteiger partial charge in [0.05, 0.1) is 6.54 Å². The molecule has 2 aliphatic rings. The van der Waals surface area contributed by atoms with Crippen LogP contribution in [0.1, 0.15) is 40.1 Å². The first-order chi connectivity index (χ1) is 11.2. The number of ketones is 1. The lowest BCUT2D eigenvalue weighted by Gasteiger charge is -2.19. The van der Waals surface area contributed by atoms with E-state index >= 15 is 0 Å². The number of carbonyl (C=O) groups is 1. The lowest BCUT2D eigenvalue weighted by Crippen LogP contribution is -2.12. The minimum atomic E-state index is -0.0459. The number of hydrogen-bond donors (Lipinski definition) is 2. The van der Waals surface area contributed by atoms with E-state index in [4.69, 9.17) is 4.74 Å². The Labute approximate surface area is 134 Å². The molecule has 0 bridgehead atoms. The topological polar surface area (TPSA) is 66.5 Å². The molecule has 0 fully saturated rings. The Hall–Kier alpha value is -2.82. The number of Topliss-reactive ketones (excluding diaryl/α,β-unsaturated/α-hetero) is 1. The van der Waals surface area contributed by atoms with Gasteiger partial charge < -0.3 is 15.0 Å². The summed E-state index contributed by atoms with van der Waals surface area (Å²) in [4.78, 5) is 19.3. The first-order valence-corrected chi connectivity index (χ1v) is 7.64. The lowest BCUT2D eigenvalue weighted by atomic mass is 9.93. The van der Waals surface area contributed by atoms with Gasteiger partial charge in [-0.05, 0) is 24.1 Å². The highest BCUT2D eigenvalue weighted by Crippen LogP contribution is 2.35. The van der Waals surface area contributed by atoms with E-state index < -0.39 is 0 Å². The first-order valence-electron chi connectivity index (χ1n) is 7.64. The molecule has 2 N–H and O–H groups in total. The molecule has 0 amide bonds. The minimum absolute atomic E-state index is 0.0459. The molecule has 2 aliphatic heterocycles. The smallest absolute Gasteiger partial charge is 0.170 e. The number of benzene rings is 1.